The number of benzene rings is 2. The SMILES string of the molecule is Fc1c(-c2cccc3cccc(F)c23)ncc2c(N3CCCn4nccc4C3)nc(OCC34CCCN3CCC4)nc12. The van der Waals surface area contributed by atoms with Crippen molar-refractivity contribution in [2.45, 2.75) is 50.7 Å². The molecule has 0 N–H and O–H groups in total. The first-order valence-electron chi connectivity index (χ1n) is 14.8. The molecule has 2 fully saturated rings. The van der Waals surface area contributed by atoms with Gasteiger partial charge in [0.25, 0.3) is 0 Å². The molecule has 3 aliphatic heterocycles. The lowest BCUT2D eigenvalue weighted by atomic mass is 9.95. The van der Waals surface area contributed by atoms with Gasteiger partial charge in [0.1, 0.15) is 29.5 Å². The number of fused-ring (bicyclic) bond motifs is 4. The van der Waals surface area contributed by atoms with Gasteiger partial charge < -0.3 is 9.64 Å². The Morgan fingerprint density at radius 2 is 1.74 bits per heavy atom. The second-order valence-electron chi connectivity index (χ2n) is 11.7. The summed E-state index contributed by atoms with van der Waals surface area (Å²) in [5.74, 6) is -0.452. The summed E-state index contributed by atoms with van der Waals surface area (Å²) >= 11 is 0. The highest BCUT2D eigenvalue weighted by molar-refractivity contribution is 5.99. The van der Waals surface area contributed by atoms with Crippen LogP contribution in [0.15, 0.2) is 54.9 Å². The number of aromatic nitrogens is 5. The quantitative estimate of drug-likeness (QED) is 0.268. The number of ether oxygens (including phenoxy) is 1. The maximum absolute atomic E-state index is 16.6. The predicted octanol–water partition coefficient (Wildman–Crippen LogP) is 5.74. The van der Waals surface area contributed by atoms with Gasteiger partial charge in [-0.05, 0) is 62.7 Å². The molecule has 0 atom stereocenters. The predicted molar refractivity (Wildman–Crippen MR) is 156 cm³/mol. The van der Waals surface area contributed by atoms with E-state index in [1.165, 1.54) is 6.07 Å². The first kappa shape index (κ1) is 25.5. The number of halogens is 2. The summed E-state index contributed by atoms with van der Waals surface area (Å²) in [7, 11) is 0. The lowest BCUT2D eigenvalue weighted by Crippen LogP contribution is -2.43. The molecule has 0 aliphatic carbocycles. The zero-order valence-corrected chi connectivity index (χ0v) is 23.3. The fraction of sp³-hybridized carbons (Fsp3) is 0.375. The van der Waals surface area contributed by atoms with Crippen molar-refractivity contribution in [2.75, 3.05) is 31.1 Å². The fourth-order valence-corrected chi connectivity index (χ4v) is 7.23. The Labute approximate surface area is 242 Å². The van der Waals surface area contributed by atoms with Gasteiger partial charge in [0, 0.05) is 36.4 Å². The normalized spacial score (nSPS) is 18.4. The summed E-state index contributed by atoms with van der Waals surface area (Å²) in [4.78, 5) is 18.7. The van der Waals surface area contributed by atoms with Gasteiger partial charge in [0.2, 0.25) is 0 Å². The van der Waals surface area contributed by atoms with Crippen LogP contribution in [-0.4, -0.2) is 61.4 Å². The fourth-order valence-electron chi connectivity index (χ4n) is 7.23. The molecule has 8 rings (SSSR count). The molecule has 0 saturated carbocycles. The molecule has 3 aromatic heterocycles. The van der Waals surface area contributed by atoms with Gasteiger partial charge >= 0.3 is 6.01 Å². The minimum atomic E-state index is -0.613. The number of nitrogens with zero attached hydrogens (tertiary/aromatic N) is 7. The number of anilines is 1. The summed E-state index contributed by atoms with van der Waals surface area (Å²) in [6, 6.07) is 12.3. The van der Waals surface area contributed by atoms with Crippen LogP contribution < -0.4 is 9.64 Å². The second kappa shape index (κ2) is 9.97. The summed E-state index contributed by atoms with van der Waals surface area (Å²) in [5, 5.41) is 5.96. The zero-order valence-electron chi connectivity index (χ0n) is 23.3. The second-order valence-corrected chi connectivity index (χ2v) is 11.7. The molecule has 0 amide bonds. The Morgan fingerprint density at radius 1 is 0.905 bits per heavy atom. The van der Waals surface area contributed by atoms with Crippen LogP contribution in [0, 0.1) is 11.6 Å². The lowest BCUT2D eigenvalue weighted by Gasteiger charge is -2.31. The van der Waals surface area contributed by atoms with Crippen molar-refractivity contribution >= 4 is 27.5 Å². The molecule has 2 aromatic carbocycles. The van der Waals surface area contributed by atoms with Gasteiger partial charge in [-0.1, -0.05) is 30.3 Å². The van der Waals surface area contributed by atoms with Crippen molar-refractivity contribution in [2.24, 2.45) is 0 Å². The van der Waals surface area contributed by atoms with Gasteiger partial charge in [0.15, 0.2) is 5.82 Å². The Balaban J connectivity index is 1.26. The molecule has 2 saturated heterocycles. The lowest BCUT2D eigenvalue weighted by molar-refractivity contribution is 0.108. The number of hydrogen-bond donors (Lipinski definition) is 0. The Bertz CT molecular complexity index is 1810. The summed E-state index contributed by atoms with van der Waals surface area (Å²) < 4.78 is 40.0. The monoisotopic (exact) mass is 567 g/mol. The van der Waals surface area contributed by atoms with E-state index in [2.05, 4.69) is 24.9 Å². The van der Waals surface area contributed by atoms with E-state index < -0.39 is 11.6 Å². The topological polar surface area (TPSA) is 72.2 Å². The summed E-state index contributed by atoms with van der Waals surface area (Å²) in [6.07, 6.45) is 8.74. The van der Waals surface area contributed by atoms with Crippen LogP contribution in [0.2, 0.25) is 0 Å². The van der Waals surface area contributed by atoms with E-state index in [9.17, 15) is 0 Å². The number of rotatable bonds is 5. The smallest absolute Gasteiger partial charge is 0.319 e. The van der Waals surface area contributed by atoms with E-state index in [0.29, 0.717) is 47.2 Å². The number of aryl methyl sites for hydroxylation is 1. The van der Waals surface area contributed by atoms with Gasteiger partial charge in [0.05, 0.1) is 23.2 Å². The van der Waals surface area contributed by atoms with E-state index in [0.717, 1.165) is 57.4 Å². The molecule has 214 valence electrons. The van der Waals surface area contributed by atoms with Crippen LogP contribution in [-0.2, 0) is 13.1 Å². The van der Waals surface area contributed by atoms with Crippen LogP contribution in [0.5, 0.6) is 6.01 Å². The van der Waals surface area contributed by atoms with Crippen molar-refractivity contribution in [1.29, 1.82) is 0 Å². The van der Waals surface area contributed by atoms with E-state index in [1.807, 2.05) is 22.9 Å². The average Bonchev–Trinajstić information content (AvgIpc) is 3.69. The Kier molecular flexibility index (Phi) is 6.06. The van der Waals surface area contributed by atoms with E-state index in [4.69, 9.17) is 9.72 Å². The van der Waals surface area contributed by atoms with Crippen molar-refractivity contribution in [3.05, 3.63) is 72.2 Å². The first-order chi connectivity index (χ1) is 20.6. The van der Waals surface area contributed by atoms with Gasteiger partial charge in [-0.2, -0.15) is 15.1 Å². The van der Waals surface area contributed by atoms with Crippen molar-refractivity contribution in [1.82, 2.24) is 29.6 Å². The minimum absolute atomic E-state index is 0.00395. The summed E-state index contributed by atoms with van der Waals surface area (Å²) in [5.41, 5.74) is 1.62. The molecule has 6 heterocycles. The van der Waals surface area contributed by atoms with Gasteiger partial charge in [-0.15, -0.1) is 0 Å². The third-order valence-corrected chi connectivity index (χ3v) is 9.29. The zero-order chi connectivity index (χ0) is 28.3. The molecule has 0 unspecified atom stereocenters. The van der Waals surface area contributed by atoms with Gasteiger partial charge in [-0.3, -0.25) is 14.6 Å². The van der Waals surface area contributed by atoms with Crippen molar-refractivity contribution in [3.63, 3.8) is 0 Å². The number of hydrogen-bond acceptors (Lipinski definition) is 7. The summed E-state index contributed by atoms with van der Waals surface area (Å²) in [6.45, 7) is 4.72. The van der Waals surface area contributed by atoms with E-state index in [-0.39, 0.29) is 22.8 Å². The highest BCUT2D eigenvalue weighted by atomic mass is 19.1. The first-order valence-corrected chi connectivity index (χ1v) is 14.8. The molecule has 0 radical (unpaired) electrons. The third kappa shape index (κ3) is 4.11. The van der Waals surface area contributed by atoms with Crippen LogP contribution in [0.4, 0.5) is 14.6 Å². The van der Waals surface area contributed by atoms with Crippen LogP contribution in [0.3, 0.4) is 0 Å². The third-order valence-electron chi connectivity index (χ3n) is 9.29. The van der Waals surface area contributed by atoms with E-state index in [1.54, 1.807) is 30.6 Å². The highest BCUT2D eigenvalue weighted by Gasteiger charge is 2.45. The molecule has 10 heteroatoms. The maximum Gasteiger partial charge on any atom is 0.319 e. The van der Waals surface area contributed by atoms with Gasteiger partial charge in [-0.25, -0.2) is 8.78 Å². The van der Waals surface area contributed by atoms with Crippen LogP contribution in [0.1, 0.15) is 37.8 Å². The van der Waals surface area contributed by atoms with Crippen LogP contribution in [0.25, 0.3) is 32.9 Å². The minimum Gasteiger partial charge on any atom is -0.461 e. The average molecular weight is 568 g/mol. The molecule has 0 spiro atoms. The largest absolute Gasteiger partial charge is 0.461 e. The molecule has 5 aromatic rings. The molecule has 8 nitrogen and oxygen atoms in total. The molecular weight excluding hydrogens is 536 g/mol. The molecule has 42 heavy (non-hydrogen) atoms. The molecule has 0 bridgehead atoms. The number of pyridine rings is 1. The Hall–Kier alpha value is -4.18. The maximum atomic E-state index is 16.6. The van der Waals surface area contributed by atoms with Crippen LogP contribution >= 0.6 is 0 Å². The van der Waals surface area contributed by atoms with Crippen molar-refractivity contribution < 1.29 is 13.5 Å². The highest BCUT2D eigenvalue weighted by Crippen LogP contribution is 2.40. The standard InChI is InChI=1S/C32H31F2N7O/c33-25-9-2-7-21-6-1-8-23(26(21)25)28-27(34)29-24(18-35-28)30(39-14-5-17-41-22(19-39)10-13-36-41)38-31(37-29)42-20-32-11-3-15-40(32)16-4-12-32/h1-2,6-10,13,18H,3-5,11-12,14-17,19-20H2. The Morgan fingerprint density at radius 3 is 2.60 bits per heavy atom. The molecule has 3 aliphatic rings. The molecular formula is C32H31F2N7O. The van der Waals surface area contributed by atoms with E-state index >= 15 is 8.78 Å². The van der Waals surface area contributed by atoms with Crippen molar-refractivity contribution in [3.8, 4) is 17.3 Å².